The van der Waals surface area contributed by atoms with Crippen molar-refractivity contribution in [1.29, 1.82) is 0 Å². The second-order valence-corrected chi connectivity index (χ2v) is 12.6. The lowest BCUT2D eigenvalue weighted by atomic mass is 9.96. The molecule has 13 heteroatoms. The van der Waals surface area contributed by atoms with E-state index in [2.05, 4.69) is 25.1 Å². The zero-order chi connectivity index (χ0) is 32.4. The van der Waals surface area contributed by atoms with Crippen molar-refractivity contribution in [2.75, 3.05) is 17.2 Å². The number of rotatable bonds is 7. The number of urea groups is 1. The van der Waals surface area contributed by atoms with Crippen molar-refractivity contribution in [2.45, 2.75) is 57.3 Å². The van der Waals surface area contributed by atoms with Crippen LogP contribution in [0.3, 0.4) is 0 Å². The van der Waals surface area contributed by atoms with Gasteiger partial charge < -0.3 is 15.0 Å². The van der Waals surface area contributed by atoms with Gasteiger partial charge in [0.1, 0.15) is 17.9 Å². The highest BCUT2D eigenvalue weighted by molar-refractivity contribution is 8.14. The average Bonchev–Trinajstić information content (AvgIpc) is 3.79. The molecule has 2 heterocycles. The molecule has 6 rings (SSSR count). The molecular formula is C33H32F4N6O2S. The van der Waals surface area contributed by atoms with E-state index >= 15 is 0 Å². The number of hydrogen-bond donors (Lipinski definition) is 1. The van der Waals surface area contributed by atoms with Gasteiger partial charge in [-0.05, 0) is 84.7 Å². The van der Waals surface area contributed by atoms with Gasteiger partial charge in [-0.3, -0.25) is 0 Å². The summed E-state index contributed by atoms with van der Waals surface area (Å²) < 4.78 is 56.7. The number of amidine groups is 1. The van der Waals surface area contributed by atoms with Crippen LogP contribution in [0.4, 0.5) is 28.0 Å². The molecule has 2 unspecified atom stereocenters. The number of hydrogen-bond acceptors (Lipinski definition) is 5. The zero-order valence-corrected chi connectivity index (χ0v) is 26.0. The van der Waals surface area contributed by atoms with E-state index < -0.39 is 6.36 Å². The summed E-state index contributed by atoms with van der Waals surface area (Å²) in [6.45, 7) is 4.74. The van der Waals surface area contributed by atoms with Gasteiger partial charge in [-0.1, -0.05) is 49.9 Å². The van der Waals surface area contributed by atoms with E-state index in [9.17, 15) is 22.4 Å². The summed E-state index contributed by atoms with van der Waals surface area (Å²) in [5, 5.41) is 8.18. The normalized spacial score (nSPS) is 19.3. The Balaban J connectivity index is 1.05. The lowest BCUT2D eigenvalue weighted by Crippen LogP contribution is -2.33. The van der Waals surface area contributed by atoms with Gasteiger partial charge in [-0.25, -0.2) is 18.9 Å². The van der Waals surface area contributed by atoms with Crippen LogP contribution in [-0.4, -0.2) is 50.7 Å². The highest BCUT2D eigenvalue weighted by Gasteiger charge is 2.31. The Morgan fingerprint density at radius 2 is 1.83 bits per heavy atom. The van der Waals surface area contributed by atoms with Crippen LogP contribution >= 0.6 is 11.8 Å². The van der Waals surface area contributed by atoms with Crippen LogP contribution in [0.15, 0.2) is 78.0 Å². The molecule has 1 aromatic heterocycles. The Morgan fingerprint density at radius 1 is 1.07 bits per heavy atom. The van der Waals surface area contributed by atoms with Gasteiger partial charge in [-0.2, -0.15) is 4.99 Å². The molecule has 0 bridgehead atoms. The molecule has 1 saturated heterocycles. The van der Waals surface area contributed by atoms with E-state index in [-0.39, 0.29) is 35.5 Å². The van der Waals surface area contributed by atoms with E-state index in [1.54, 1.807) is 12.1 Å². The topological polar surface area (TPSA) is 84.6 Å². The van der Waals surface area contributed by atoms with Gasteiger partial charge in [0.25, 0.3) is 0 Å². The predicted octanol–water partition coefficient (Wildman–Crippen LogP) is 8.05. The number of carbonyl (C=O) groups is 1. The first-order valence-corrected chi connectivity index (χ1v) is 16.0. The van der Waals surface area contributed by atoms with Crippen LogP contribution in [0, 0.1) is 5.82 Å². The molecular weight excluding hydrogens is 620 g/mol. The van der Waals surface area contributed by atoms with Crippen molar-refractivity contribution in [3.8, 4) is 22.8 Å². The minimum atomic E-state index is -4.75. The Kier molecular flexibility index (Phi) is 9.03. The number of aliphatic imine (C=N–C) groups is 1. The summed E-state index contributed by atoms with van der Waals surface area (Å²) in [6, 6.07) is 17.8. The van der Waals surface area contributed by atoms with Gasteiger partial charge in [0.2, 0.25) is 0 Å². The summed E-state index contributed by atoms with van der Waals surface area (Å²) >= 11 is 1.52. The molecule has 8 nitrogen and oxygen atoms in total. The molecule has 1 saturated carbocycles. The molecule has 3 aromatic carbocycles. The number of thioether (sulfide) groups is 1. The van der Waals surface area contributed by atoms with Crippen molar-refractivity contribution in [3.63, 3.8) is 0 Å². The van der Waals surface area contributed by atoms with Crippen molar-refractivity contribution in [1.82, 2.24) is 20.1 Å². The number of halogens is 4. The SMILES string of the molecule is CC(C)c1cc(F)ccc1N1CCSC1=NC(=O)NC1CCC(c2ccc(-c3ncn(-c4ccc(OC(F)(F)F)cc4)n3)cc2)C1. The Hall–Kier alpha value is -4.39. The standard InChI is InChI=1S/C33H32F4N6O2S/c1-20(2)28-18-24(34)8-14-29(28)42-15-16-46-32(42)40-31(44)39-25-9-7-23(17-25)21-3-5-22(6-4-21)30-38-19-43(41-30)26-10-12-27(13-11-26)45-33(35,36)37/h3-6,8,10-14,18-20,23,25H,7,9,15-17H2,1-2H3,(H,39,44). The third-order valence-corrected chi connectivity index (χ3v) is 9.06. The molecule has 1 aliphatic heterocycles. The number of benzene rings is 3. The van der Waals surface area contributed by atoms with Crippen LogP contribution in [0.25, 0.3) is 17.1 Å². The number of ether oxygens (including phenoxy) is 1. The number of amides is 2. The van der Waals surface area contributed by atoms with Crippen LogP contribution in [0.1, 0.15) is 56.1 Å². The second-order valence-electron chi connectivity index (χ2n) is 11.6. The molecule has 0 radical (unpaired) electrons. The van der Waals surface area contributed by atoms with E-state index in [4.69, 9.17) is 0 Å². The van der Waals surface area contributed by atoms with Gasteiger partial charge in [0, 0.05) is 29.6 Å². The number of anilines is 1. The van der Waals surface area contributed by atoms with E-state index in [0.717, 1.165) is 47.4 Å². The zero-order valence-electron chi connectivity index (χ0n) is 25.2. The number of alkyl halides is 3. The molecule has 1 N–H and O–H groups in total. The van der Waals surface area contributed by atoms with Crippen molar-refractivity contribution in [3.05, 3.63) is 90.0 Å². The van der Waals surface area contributed by atoms with E-state index in [0.29, 0.717) is 23.2 Å². The highest BCUT2D eigenvalue weighted by Crippen LogP contribution is 2.36. The fourth-order valence-electron chi connectivity index (χ4n) is 5.89. The van der Waals surface area contributed by atoms with E-state index in [1.165, 1.54) is 53.1 Å². The molecule has 46 heavy (non-hydrogen) atoms. The first-order chi connectivity index (χ1) is 22.0. The maximum atomic E-state index is 13.9. The maximum Gasteiger partial charge on any atom is 0.573 e. The third kappa shape index (κ3) is 7.35. The summed E-state index contributed by atoms with van der Waals surface area (Å²) in [4.78, 5) is 23.7. The smallest absolute Gasteiger partial charge is 0.406 e. The van der Waals surface area contributed by atoms with Crippen molar-refractivity contribution >= 4 is 28.6 Å². The predicted molar refractivity (Wildman–Crippen MR) is 170 cm³/mol. The summed E-state index contributed by atoms with van der Waals surface area (Å²) in [5.41, 5.74) is 4.27. The Labute approximate surface area is 267 Å². The highest BCUT2D eigenvalue weighted by atomic mass is 32.2. The monoisotopic (exact) mass is 652 g/mol. The van der Waals surface area contributed by atoms with Gasteiger partial charge in [0.05, 0.1) is 5.69 Å². The minimum absolute atomic E-state index is 0.00344. The number of nitrogens with zero attached hydrogens (tertiary/aromatic N) is 5. The second kappa shape index (κ2) is 13.1. The molecule has 4 aromatic rings. The first kappa shape index (κ1) is 31.6. The third-order valence-electron chi connectivity index (χ3n) is 8.10. The molecule has 2 fully saturated rings. The largest absolute Gasteiger partial charge is 0.573 e. The molecule has 2 atom stereocenters. The van der Waals surface area contributed by atoms with E-state index in [1.807, 2.05) is 43.0 Å². The molecule has 1 aliphatic carbocycles. The van der Waals surface area contributed by atoms with Crippen LogP contribution in [0.5, 0.6) is 5.75 Å². The number of aromatic nitrogens is 3. The Morgan fingerprint density at radius 3 is 2.54 bits per heavy atom. The minimum Gasteiger partial charge on any atom is -0.406 e. The average molecular weight is 653 g/mol. The van der Waals surface area contributed by atoms with Crippen molar-refractivity contribution in [2.24, 2.45) is 4.99 Å². The molecule has 0 spiro atoms. The Bertz CT molecular complexity index is 1720. The molecule has 2 amide bonds. The molecule has 240 valence electrons. The number of nitrogens with one attached hydrogen (secondary N) is 1. The lowest BCUT2D eigenvalue weighted by molar-refractivity contribution is -0.274. The summed E-state index contributed by atoms with van der Waals surface area (Å²) in [5.74, 6) is 1.10. The maximum absolute atomic E-state index is 13.9. The number of carbonyl (C=O) groups excluding carboxylic acids is 1. The van der Waals surface area contributed by atoms with Crippen LogP contribution in [-0.2, 0) is 0 Å². The fraction of sp³-hybridized carbons (Fsp3) is 0.333. The summed E-state index contributed by atoms with van der Waals surface area (Å²) in [7, 11) is 0. The van der Waals surface area contributed by atoms with Gasteiger partial charge >= 0.3 is 12.4 Å². The first-order valence-electron chi connectivity index (χ1n) is 15.0. The van der Waals surface area contributed by atoms with Gasteiger partial charge in [-0.15, -0.1) is 18.3 Å². The summed E-state index contributed by atoms with van der Waals surface area (Å²) in [6.07, 6.45) is -0.686. The quantitative estimate of drug-likeness (QED) is 0.204. The van der Waals surface area contributed by atoms with Gasteiger partial charge in [0.15, 0.2) is 11.0 Å². The van der Waals surface area contributed by atoms with Crippen LogP contribution < -0.4 is 15.0 Å². The van der Waals surface area contributed by atoms with Crippen LogP contribution in [0.2, 0.25) is 0 Å². The molecule has 2 aliphatic rings. The fourth-order valence-corrected chi connectivity index (χ4v) is 6.83. The van der Waals surface area contributed by atoms with Crippen molar-refractivity contribution < 1.29 is 27.1 Å². The lowest BCUT2D eigenvalue weighted by Gasteiger charge is -2.23.